The summed E-state index contributed by atoms with van der Waals surface area (Å²) in [7, 11) is 0. The molecule has 0 aromatic heterocycles. The van der Waals surface area contributed by atoms with E-state index in [9.17, 15) is 9.59 Å². The van der Waals surface area contributed by atoms with E-state index in [-0.39, 0.29) is 11.9 Å². The zero-order valence-electron chi connectivity index (χ0n) is 11.5. The number of nitrogens with one attached hydrogen (secondary N) is 2. The molecule has 2 rings (SSSR count). The van der Waals surface area contributed by atoms with Crippen LogP contribution in [0, 0.1) is 17.8 Å². The third-order valence-corrected chi connectivity index (χ3v) is 4.46. The molecule has 0 aliphatic heterocycles. The van der Waals surface area contributed by atoms with E-state index in [1.54, 1.807) is 0 Å². The molecule has 0 spiro atoms. The van der Waals surface area contributed by atoms with Crippen LogP contribution in [0.5, 0.6) is 0 Å². The zero-order chi connectivity index (χ0) is 13.8. The fourth-order valence-corrected chi connectivity index (χ4v) is 2.92. The van der Waals surface area contributed by atoms with Crippen molar-refractivity contribution in [1.82, 2.24) is 10.6 Å². The maximum absolute atomic E-state index is 11.8. The van der Waals surface area contributed by atoms with Crippen molar-refractivity contribution in [2.75, 3.05) is 6.54 Å². The molecule has 2 fully saturated rings. The van der Waals surface area contributed by atoms with Gasteiger partial charge in [0.05, 0.1) is 0 Å². The molecule has 2 aliphatic rings. The smallest absolute Gasteiger partial charge is 0.326 e. The number of carbonyl (C=O) groups is 2. The van der Waals surface area contributed by atoms with Gasteiger partial charge >= 0.3 is 12.0 Å². The standard InChI is InChI=1S/C14H24N2O3/c1-9-4-2-3-5-11(9)8-15-14(19)16-12(13(17)18)10-6-7-10/h9-12H,2-8H2,1H3,(H,17,18)(H2,15,16,19). The monoisotopic (exact) mass is 268 g/mol. The summed E-state index contributed by atoms with van der Waals surface area (Å²) >= 11 is 0. The second-order valence-electron chi connectivity index (χ2n) is 6.03. The van der Waals surface area contributed by atoms with Crippen molar-refractivity contribution in [1.29, 1.82) is 0 Å². The molecule has 0 aromatic rings. The minimum absolute atomic E-state index is 0.122. The molecule has 0 bridgehead atoms. The maximum atomic E-state index is 11.8. The van der Waals surface area contributed by atoms with Gasteiger partial charge in [0.15, 0.2) is 0 Å². The van der Waals surface area contributed by atoms with E-state index in [0.717, 1.165) is 19.3 Å². The number of urea groups is 1. The van der Waals surface area contributed by atoms with Crippen LogP contribution in [0.25, 0.3) is 0 Å². The molecule has 5 heteroatoms. The lowest BCUT2D eigenvalue weighted by Gasteiger charge is -2.29. The third-order valence-electron chi connectivity index (χ3n) is 4.46. The highest BCUT2D eigenvalue weighted by atomic mass is 16.4. The lowest BCUT2D eigenvalue weighted by atomic mass is 9.80. The molecule has 108 valence electrons. The Morgan fingerprint density at radius 3 is 2.47 bits per heavy atom. The van der Waals surface area contributed by atoms with Crippen molar-refractivity contribution >= 4 is 12.0 Å². The molecular weight excluding hydrogens is 244 g/mol. The molecule has 3 atom stereocenters. The highest BCUT2D eigenvalue weighted by molar-refractivity contribution is 5.83. The molecule has 5 nitrogen and oxygen atoms in total. The molecule has 3 unspecified atom stereocenters. The van der Waals surface area contributed by atoms with E-state index < -0.39 is 12.0 Å². The van der Waals surface area contributed by atoms with E-state index in [4.69, 9.17) is 5.11 Å². The molecule has 0 saturated heterocycles. The highest BCUT2D eigenvalue weighted by Gasteiger charge is 2.37. The number of carboxylic acid groups (broad SMARTS) is 1. The van der Waals surface area contributed by atoms with Crippen LogP contribution in [0.1, 0.15) is 45.4 Å². The quantitative estimate of drug-likeness (QED) is 0.713. The van der Waals surface area contributed by atoms with Crippen molar-refractivity contribution in [2.45, 2.75) is 51.5 Å². The van der Waals surface area contributed by atoms with E-state index in [1.807, 2.05) is 0 Å². The lowest BCUT2D eigenvalue weighted by molar-refractivity contribution is -0.139. The Morgan fingerprint density at radius 1 is 1.21 bits per heavy atom. The van der Waals surface area contributed by atoms with Gasteiger partial charge in [-0.25, -0.2) is 9.59 Å². The first-order valence-electron chi connectivity index (χ1n) is 7.35. The Morgan fingerprint density at radius 2 is 1.89 bits per heavy atom. The summed E-state index contributed by atoms with van der Waals surface area (Å²) < 4.78 is 0. The fraction of sp³-hybridized carbons (Fsp3) is 0.857. The van der Waals surface area contributed by atoms with Crippen molar-refractivity contribution < 1.29 is 14.7 Å². The van der Waals surface area contributed by atoms with Crippen LogP contribution >= 0.6 is 0 Å². The number of rotatable bonds is 5. The van der Waals surface area contributed by atoms with Gasteiger partial charge in [-0.2, -0.15) is 0 Å². The average molecular weight is 268 g/mol. The van der Waals surface area contributed by atoms with Gasteiger partial charge < -0.3 is 15.7 Å². The first-order chi connectivity index (χ1) is 9.08. The summed E-state index contributed by atoms with van der Waals surface area (Å²) in [5, 5.41) is 14.5. The van der Waals surface area contributed by atoms with Crippen molar-refractivity contribution in [2.24, 2.45) is 17.8 Å². The van der Waals surface area contributed by atoms with Gasteiger partial charge in [0.1, 0.15) is 6.04 Å². The van der Waals surface area contributed by atoms with Gasteiger partial charge in [-0.3, -0.25) is 0 Å². The molecule has 0 aromatic carbocycles. The maximum Gasteiger partial charge on any atom is 0.326 e. The summed E-state index contributed by atoms with van der Waals surface area (Å²) in [6.07, 6.45) is 6.71. The van der Waals surface area contributed by atoms with E-state index >= 15 is 0 Å². The summed E-state index contributed by atoms with van der Waals surface area (Å²) in [6.45, 7) is 2.89. The predicted molar refractivity (Wildman–Crippen MR) is 71.8 cm³/mol. The van der Waals surface area contributed by atoms with E-state index in [0.29, 0.717) is 18.4 Å². The Hall–Kier alpha value is -1.26. The molecule has 2 amide bonds. The number of carboxylic acids is 1. The molecule has 0 radical (unpaired) electrons. The van der Waals surface area contributed by atoms with Gasteiger partial charge in [0, 0.05) is 6.54 Å². The number of hydrogen-bond donors (Lipinski definition) is 3. The Kier molecular flexibility index (Phi) is 4.66. The van der Waals surface area contributed by atoms with Gasteiger partial charge in [-0.05, 0) is 37.0 Å². The number of hydrogen-bond acceptors (Lipinski definition) is 2. The largest absolute Gasteiger partial charge is 0.480 e. The van der Waals surface area contributed by atoms with Crippen LogP contribution in [0.15, 0.2) is 0 Å². The predicted octanol–water partition coefficient (Wildman–Crippen LogP) is 1.98. The van der Waals surface area contributed by atoms with Crippen LogP contribution in [0.3, 0.4) is 0 Å². The summed E-state index contributed by atoms with van der Waals surface area (Å²) in [4.78, 5) is 22.8. The molecule has 3 N–H and O–H groups in total. The van der Waals surface area contributed by atoms with E-state index in [1.165, 1.54) is 19.3 Å². The molecule has 2 aliphatic carbocycles. The average Bonchev–Trinajstić information content (AvgIpc) is 3.19. The fourth-order valence-electron chi connectivity index (χ4n) is 2.92. The van der Waals surface area contributed by atoms with Crippen LogP contribution in [-0.2, 0) is 4.79 Å². The second-order valence-corrected chi connectivity index (χ2v) is 6.03. The van der Waals surface area contributed by atoms with Crippen molar-refractivity contribution in [3.05, 3.63) is 0 Å². The van der Waals surface area contributed by atoms with Gasteiger partial charge in [-0.1, -0.05) is 26.2 Å². The number of carbonyl (C=O) groups excluding carboxylic acids is 1. The second kappa shape index (κ2) is 6.26. The van der Waals surface area contributed by atoms with Gasteiger partial charge in [-0.15, -0.1) is 0 Å². The normalized spacial score (nSPS) is 28.5. The topological polar surface area (TPSA) is 78.4 Å². The summed E-state index contributed by atoms with van der Waals surface area (Å²) in [6, 6.07) is -1.05. The number of amides is 2. The lowest BCUT2D eigenvalue weighted by Crippen LogP contribution is -2.48. The van der Waals surface area contributed by atoms with Crippen LogP contribution in [-0.4, -0.2) is 29.7 Å². The van der Waals surface area contributed by atoms with Crippen LogP contribution < -0.4 is 10.6 Å². The molecule has 19 heavy (non-hydrogen) atoms. The Bertz CT molecular complexity index is 342. The van der Waals surface area contributed by atoms with Crippen molar-refractivity contribution in [3.8, 4) is 0 Å². The molecule has 0 heterocycles. The van der Waals surface area contributed by atoms with Crippen LogP contribution in [0.2, 0.25) is 0 Å². The first-order valence-corrected chi connectivity index (χ1v) is 7.35. The molecule has 2 saturated carbocycles. The minimum atomic E-state index is -0.927. The third kappa shape index (κ3) is 4.11. The highest BCUT2D eigenvalue weighted by Crippen LogP contribution is 2.32. The summed E-state index contributed by atoms with van der Waals surface area (Å²) in [5.74, 6) is 0.372. The van der Waals surface area contributed by atoms with Gasteiger partial charge in [0.25, 0.3) is 0 Å². The Labute approximate surface area is 114 Å². The Balaban J connectivity index is 1.72. The van der Waals surface area contributed by atoms with Crippen molar-refractivity contribution in [3.63, 3.8) is 0 Å². The van der Waals surface area contributed by atoms with Crippen LogP contribution in [0.4, 0.5) is 4.79 Å². The number of aliphatic carboxylic acids is 1. The van der Waals surface area contributed by atoms with Gasteiger partial charge in [0.2, 0.25) is 0 Å². The van der Waals surface area contributed by atoms with E-state index in [2.05, 4.69) is 17.6 Å². The zero-order valence-corrected chi connectivity index (χ0v) is 11.5. The molecular formula is C14H24N2O3. The SMILES string of the molecule is CC1CCCCC1CNC(=O)NC(C(=O)O)C1CC1. The minimum Gasteiger partial charge on any atom is -0.480 e. The summed E-state index contributed by atoms with van der Waals surface area (Å²) in [5.41, 5.74) is 0. The first kappa shape index (κ1) is 14.2.